The summed E-state index contributed by atoms with van der Waals surface area (Å²) in [6.07, 6.45) is 26.4. The molecule has 2 aliphatic carbocycles. The van der Waals surface area contributed by atoms with Crippen molar-refractivity contribution >= 4 is 5.69 Å². The van der Waals surface area contributed by atoms with Crippen LogP contribution < -0.4 is 19.1 Å². The van der Waals surface area contributed by atoms with Crippen molar-refractivity contribution in [2.75, 3.05) is 66.3 Å². The third-order valence-electron chi connectivity index (χ3n) is 17.6. The summed E-state index contributed by atoms with van der Waals surface area (Å²) in [7, 11) is 10.7. The summed E-state index contributed by atoms with van der Waals surface area (Å²) in [5.41, 5.74) is 14.4. The van der Waals surface area contributed by atoms with Crippen LogP contribution in [0.3, 0.4) is 0 Å². The number of anilines is 1. The average molecular weight is 1330 g/mol. The van der Waals surface area contributed by atoms with Crippen LogP contribution in [0.1, 0.15) is 154 Å². The van der Waals surface area contributed by atoms with E-state index in [1.54, 1.807) is 24.5 Å². The Balaban J connectivity index is 0.000000165. The third kappa shape index (κ3) is 24.1. The van der Waals surface area contributed by atoms with Crippen LogP contribution in [0.15, 0.2) is 134 Å². The number of H-pyrrole nitrogens is 4. The first-order valence-corrected chi connectivity index (χ1v) is 35.2. The lowest BCUT2D eigenvalue weighted by Gasteiger charge is -2.26. The highest BCUT2D eigenvalue weighted by Gasteiger charge is 2.26. The molecule has 0 bridgehead atoms. The van der Waals surface area contributed by atoms with E-state index in [1.807, 2.05) is 67.3 Å². The predicted octanol–water partition coefficient (Wildman–Crippen LogP) is 16.0. The number of benzene rings is 4. The van der Waals surface area contributed by atoms with Crippen LogP contribution in [-0.2, 0) is 26.2 Å². The van der Waals surface area contributed by atoms with Crippen molar-refractivity contribution in [3.63, 3.8) is 0 Å². The molecule has 0 unspecified atom stereocenters. The molecule has 0 atom stereocenters. The van der Waals surface area contributed by atoms with Crippen LogP contribution in [0, 0.1) is 5.82 Å². The Morgan fingerprint density at radius 3 is 1.22 bits per heavy atom. The number of nitrogens with one attached hydrogen (secondary N) is 4. The van der Waals surface area contributed by atoms with Gasteiger partial charge in [-0.1, -0.05) is 65.5 Å². The van der Waals surface area contributed by atoms with E-state index >= 15 is 0 Å². The van der Waals surface area contributed by atoms with Crippen molar-refractivity contribution in [1.29, 1.82) is 0 Å². The fourth-order valence-corrected chi connectivity index (χ4v) is 11.4. The second kappa shape index (κ2) is 39.2. The molecule has 20 heteroatoms. The van der Waals surface area contributed by atoms with E-state index in [1.165, 1.54) is 85.4 Å². The zero-order chi connectivity index (χ0) is 68.9. The highest BCUT2D eigenvalue weighted by atomic mass is 19.1. The maximum absolute atomic E-state index is 14.2. The van der Waals surface area contributed by atoms with Gasteiger partial charge < -0.3 is 43.8 Å². The molecule has 0 saturated heterocycles. The Morgan fingerprint density at radius 1 is 0.474 bits per heavy atom. The van der Waals surface area contributed by atoms with Gasteiger partial charge >= 0.3 is 6.01 Å². The van der Waals surface area contributed by atoms with Crippen molar-refractivity contribution in [2.24, 2.45) is 0 Å². The topological polar surface area (TPSA) is 205 Å². The van der Waals surface area contributed by atoms with Gasteiger partial charge in [0.25, 0.3) is 0 Å². The number of rotatable bonds is 32. The highest BCUT2D eigenvalue weighted by Crippen LogP contribution is 2.34. The second-order valence-electron chi connectivity index (χ2n) is 26.4. The van der Waals surface area contributed by atoms with Crippen LogP contribution in [0.25, 0.3) is 45.0 Å². The van der Waals surface area contributed by atoms with E-state index in [9.17, 15) is 9.50 Å². The van der Waals surface area contributed by atoms with E-state index in [4.69, 9.17) is 14.2 Å². The molecule has 2 saturated carbocycles. The number of halogens is 1. The molecule has 0 aliphatic heterocycles. The monoisotopic (exact) mass is 1330 g/mol. The minimum atomic E-state index is -0.311. The molecule has 4 aromatic carbocycles. The number of aliphatic hydroxyl groups is 1. The zero-order valence-corrected chi connectivity index (χ0v) is 59.5. The van der Waals surface area contributed by atoms with E-state index in [2.05, 4.69) is 188 Å². The molecule has 5 aromatic heterocycles. The Bertz CT molecular complexity index is 3620. The van der Waals surface area contributed by atoms with Crippen molar-refractivity contribution in [1.82, 2.24) is 70.4 Å². The lowest BCUT2D eigenvalue weighted by Crippen LogP contribution is -2.26. The predicted molar refractivity (Wildman–Crippen MR) is 389 cm³/mol. The lowest BCUT2D eigenvalue weighted by molar-refractivity contribution is 0.0666. The SMILES string of the molecule is CCCCN(C)Cc1cn[nH]c1-c1ccc(N(C)C(C)C)cc1.CCCCN(C)Cc1cn[nH]c1-c1ccc(OC2CC2)c(F)c1.CCCCN(C)Cc1cn[nH]c1-c1ccc(OC2CCC(O)CC2)cc1.CCCCN(C)Cc1cn[nH]c1-c1ccc(Oc2ncccn2)cc1. The van der Waals surface area contributed by atoms with Crippen LogP contribution in [-0.4, -0.2) is 161 Å². The van der Waals surface area contributed by atoms with E-state index in [0.717, 1.165) is 142 Å². The summed E-state index contributed by atoms with van der Waals surface area (Å²) in [5, 5.41) is 38.9. The molecule has 2 aliphatic rings. The molecule has 0 spiro atoms. The normalized spacial score (nSPS) is 14.5. The van der Waals surface area contributed by atoms with Gasteiger partial charge in [0.2, 0.25) is 0 Å². The first-order valence-electron chi connectivity index (χ1n) is 35.2. The molecule has 11 rings (SSSR count). The number of hydrogen-bond acceptors (Lipinski definition) is 15. The van der Waals surface area contributed by atoms with Gasteiger partial charge in [0.05, 0.1) is 65.9 Å². The Hall–Kier alpha value is -8.27. The minimum absolute atomic E-state index is 0.147. The third-order valence-corrected chi connectivity index (χ3v) is 17.6. The summed E-state index contributed by atoms with van der Waals surface area (Å²) in [6.45, 7) is 21.1. The van der Waals surface area contributed by atoms with Crippen LogP contribution in [0.2, 0.25) is 0 Å². The van der Waals surface area contributed by atoms with Gasteiger partial charge in [-0.05, 0) is 217 Å². The summed E-state index contributed by atoms with van der Waals surface area (Å²) in [4.78, 5) is 19.7. The average Bonchev–Trinajstić information content (AvgIpc) is 1.79. The van der Waals surface area contributed by atoms with Gasteiger partial charge in [-0.3, -0.25) is 20.4 Å². The largest absolute Gasteiger partial charge is 0.490 e. The number of nitrogens with zero attached hydrogens (tertiary/aromatic N) is 11. The fraction of sp³-hybridized carbons (Fsp3) is 0.481. The number of unbranched alkanes of at least 4 members (excludes halogenated alkanes) is 4. The quantitative estimate of drug-likeness (QED) is 0.0266. The summed E-state index contributed by atoms with van der Waals surface area (Å²) < 4.78 is 31.5. The van der Waals surface area contributed by atoms with Crippen molar-refractivity contribution < 1.29 is 23.7 Å². The van der Waals surface area contributed by atoms with Gasteiger partial charge in [0.1, 0.15) is 11.5 Å². The van der Waals surface area contributed by atoms with Crippen LogP contribution in [0.5, 0.6) is 23.3 Å². The smallest absolute Gasteiger partial charge is 0.321 e. The molecule has 0 amide bonds. The van der Waals surface area contributed by atoms with Gasteiger partial charge in [-0.25, -0.2) is 14.4 Å². The van der Waals surface area contributed by atoms with Crippen LogP contribution >= 0.6 is 0 Å². The van der Waals surface area contributed by atoms with Crippen LogP contribution in [0.4, 0.5) is 10.1 Å². The Labute approximate surface area is 576 Å². The molecule has 2 fully saturated rings. The summed E-state index contributed by atoms with van der Waals surface area (Å²) in [5.74, 6) is 1.64. The standard InChI is InChI=1S/C21H31N3O2.C19H23N5O.C19H30N4.C18H24FN3O/c1-3-4-13-24(2)15-17-14-22-23-21(17)16-5-9-19(10-6-16)26-20-11-7-18(25)8-12-20;1-3-4-12-24(2)14-16-13-22-23-18(16)15-6-8-17(9-7-15)25-19-20-10-5-11-21-19;1-6-7-12-22(4)14-17-13-20-21-19(17)16-8-10-18(11-9-16)23(5)15(2)3;1-3-4-9-22(2)12-14-11-20-21-18(14)13-5-8-17(16(19)10-13)23-15-6-7-15/h5-6,9-10,14,18,20,25H,3-4,7-8,11-13,15H2,1-2H3,(H,22,23);5-11,13H,3-4,12,14H2,1-2H3,(H,22,23);8-11,13,15H,6-7,12,14H2,1-5H3,(H,20,21);5,8,10-11,15H,3-4,6-7,9,12H2,1-2H3,(H,20,21). The summed E-state index contributed by atoms with van der Waals surface area (Å²) >= 11 is 0. The number of ether oxygens (including phenoxy) is 3. The van der Waals surface area contributed by atoms with Crippen molar-refractivity contribution in [3.05, 3.63) is 162 Å². The zero-order valence-electron chi connectivity index (χ0n) is 59.5. The minimum Gasteiger partial charge on any atom is -0.490 e. The van der Waals surface area contributed by atoms with Gasteiger partial charge in [-0.2, -0.15) is 20.4 Å². The summed E-state index contributed by atoms with van der Waals surface area (Å²) in [6, 6.07) is 32.6. The van der Waals surface area contributed by atoms with Gasteiger partial charge in [0.15, 0.2) is 11.6 Å². The number of hydrogen-bond donors (Lipinski definition) is 5. The molecule has 0 radical (unpaired) electrons. The van der Waals surface area contributed by atoms with Gasteiger partial charge in [-0.15, -0.1) is 0 Å². The first kappa shape index (κ1) is 74.5. The fourth-order valence-electron chi connectivity index (χ4n) is 11.4. The molecule has 5 N–H and O–H groups in total. The molecular formula is C77H108FN15O4. The highest BCUT2D eigenvalue weighted by molar-refractivity contribution is 5.67. The van der Waals surface area contributed by atoms with Crippen molar-refractivity contribution in [2.45, 2.75) is 182 Å². The molecule has 9 aromatic rings. The lowest BCUT2D eigenvalue weighted by atomic mass is 9.95. The second-order valence-corrected chi connectivity index (χ2v) is 26.4. The van der Waals surface area contributed by atoms with E-state index in [0.29, 0.717) is 23.6 Å². The molecular weight excluding hydrogens is 1220 g/mol. The number of aliphatic hydroxyl groups excluding tert-OH is 1. The van der Waals surface area contributed by atoms with Crippen molar-refractivity contribution in [3.8, 4) is 68.3 Å². The number of aromatic amines is 4. The Morgan fingerprint density at radius 2 is 0.835 bits per heavy atom. The Kier molecular flexibility index (Phi) is 30.1. The maximum Gasteiger partial charge on any atom is 0.321 e. The molecule has 19 nitrogen and oxygen atoms in total. The van der Waals surface area contributed by atoms with E-state index < -0.39 is 0 Å². The molecule has 97 heavy (non-hydrogen) atoms. The van der Waals surface area contributed by atoms with Gasteiger partial charge in [0, 0.05) is 102 Å². The first-order chi connectivity index (χ1) is 47.1. The molecule has 522 valence electrons. The number of aromatic nitrogens is 10. The maximum atomic E-state index is 14.2. The van der Waals surface area contributed by atoms with E-state index in [-0.39, 0.29) is 24.1 Å². The molecule has 5 heterocycles.